The number of halogens is 1. The van der Waals surface area contributed by atoms with Gasteiger partial charge in [0.05, 0.1) is 4.32 Å². The highest BCUT2D eigenvalue weighted by atomic mass is 79.9. The smallest absolute Gasteiger partial charge is 0.179 e. The number of carbonyl (C=O) groups excluding carboxylic acids is 1. The largest absolute Gasteiger partial charge is 0.293 e. The molecule has 2 heteroatoms. The number of ketones is 1. The first-order chi connectivity index (χ1) is 8.50. The van der Waals surface area contributed by atoms with Gasteiger partial charge in [-0.25, -0.2) is 0 Å². The van der Waals surface area contributed by atoms with E-state index in [1.165, 1.54) is 0 Å². The van der Waals surface area contributed by atoms with Crippen molar-refractivity contribution >= 4 is 21.7 Å². The van der Waals surface area contributed by atoms with Crippen LogP contribution in [-0.2, 0) is 0 Å². The fourth-order valence-corrected chi connectivity index (χ4v) is 2.08. The molecule has 0 aromatic heterocycles. The summed E-state index contributed by atoms with van der Waals surface area (Å²) in [6.45, 7) is 3.74. The zero-order valence-electron chi connectivity index (χ0n) is 10.5. The molecule has 0 bridgehead atoms. The molecule has 1 nitrogen and oxygen atoms in total. The molecule has 0 fully saturated rings. The van der Waals surface area contributed by atoms with Crippen LogP contribution in [0.5, 0.6) is 0 Å². The monoisotopic (exact) mass is 302 g/mol. The SMILES string of the molecule is CC(C)(Br)C(=O)c1ccccc1-c1ccccc1. The first kappa shape index (κ1) is 13.0. The number of alkyl halides is 1. The van der Waals surface area contributed by atoms with Crippen LogP contribution in [0.4, 0.5) is 0 Å². The van der Waals surface area contributed by atoms with E-state index in [0.717, 1.165) is 16.7 Å². The van der Waals surface area contributed by atoms with Gasteiger partial charge in [-0.15, -0.1) is 0 Å². The van der Waals surface area contributed by atoms with E-state index in [-0.39, 0.29) is 5.78 Å². The van der Waals surface area contributed by atoms with E-state index in [0.29, 0.717) is 0 Å². The van der Waals surface area contributed by atoms with Crippen molar-refractivity contribution < 1.29 is 4.79 Å². The molecule has 2 aromatic rings. The Bertz CT molecular complexity index is 553. The van der Waals surface area contributed by atoms with E-state index in [4.69, 9.17) is 0 Å². The van der Waals surface area contributed by atoms with Crippen molar-refractivity contribution in [1.29, 1.82) is 0 Å². The first-order valence-electron chi connectivity index (χ1n) is 5.88. The third kappa shape index (κ3) is 2.70. The highest BCUT2D eigenvalue weighted by Gasteiger charge is 2.26. The lowest BCUT2D eigenvalue weighted by Crippen LogP contribution is -2.24. The molecule has 0 heterocycles. The maximum atomic E-state index is 12.4. The van der Waals surface area contributed by atoms with E-state index >= 15 is 0 Å². The summed E-state index contributed by atoms with van der Waals surface area (Å²) in [6.07, 6.45) is 0. The standard InChI is InChI=1S/C16H15BrO/c1-16(2,17)15(18)14-11-7-6-10-13(14)12-8-4-3-5-9-12/h3-11H,1-2H3. The van der Waals surface area contributed by atoms with Gasteiger partial charge in [0.25, 0.3) is 0 Å². The fourth-order valence-electron chi connectivity index (χ4n) is 1.87. The van der Waals surface area contributed by atoms with Crippen LogP contribution in [0.2, 0.25) is 0 Å². The van der Waals surface area contributed by atoms with Crippen LogP contribution in [0.15, 0.2) is 54.6 Å². The Morgan fingerprint density at radius 3 is 2.11 bits per heavy atom. The van der Waals surface area contributed by atoms with Gasteiger partial charge in [-0.1, -0.05) is 70.5 Å². The second kappa shape index (κ2) is 5.07. The van der Waals surface area contributed by atoms with Crippen LogP contribution in [0.3, 0.4) is 0 Å². The second-order valence-corrected chi connectivity index (χ2v) is 6.70. The summed E-state index contributed by atoms with van der Waals surface area (Å²) in [7, 11) is 0. The summed E-state index contributed by atoms with van der Waals surface area (Å²) in [5, 5.41) is 0. The van der Waals surface area contributed by atoms with E-state index in [1.54, 1.807) is 0 Å². The summed E-state index contributed by atoms with van der Waals surface area (Å²) in [5.74, 6) is 0.0990. The molecule has 0 aliphatic heterocycles. The maximum Gasteiger partial charge on any atom is 0.179 e. The summed E-state index contributed by atoms with van der Waals surface area (Å²) >= 11 is 3.44. The maximum absolute atomic E-state index is 12.4. The Hall–Kier alpha value is -1.41. The van der Waals surface area contributed by atoms with E-state index in [9.17, 15) is 4.79 Å². The van der Waals surface area contributed by atoms with Crippen molar-refractivity contribution in [2.24, 2.45) is 0 Å². The Kier molecular flexibility index (Phi) is 3.67. The predicted molar refractivity (Wildman–Crippen MR) is 79.2 cm³/mol. The van der Waals surface area contributed by atoms with Crippen molar-refractivity contribution in [3.8, 4) is 11.1 Å². The number of Topliss-reactive ketones (excluding diaryl/α,β-unsaturated/α-hetero) is 1. The lowest BCUT2D eigenvalue weighted by atomic mass is 9.92. The van der Waals surface area contributed by atoms with Crippen molar-refractivity contribution in [2.75, 3.05) is 0 Å². The van der Waals surface area contributed by atoms with Gasteiger partial charge in [-0.05, 0) is 25.0 Å². The number of benzene rings is 2. The summed E-state index contributed by atoms with van der Waals surface area (Å²) in [4.78, 5) is 12.4. The van der Waals surface area contributed by atoms with Gasteiger partial charge < -0.3 is 0 Å². The zero-order valence-corrected chi connectivity index (χ0v) is 12.1. The molecular formula is C16H15BrO. The molecule has 0 saturated carbocycles. The van der Waals surface area contributed by atoms with Gasteiger partial charge in [-0.3, -0.25) is 4.79 Å². The minimum absolute atomic E-state index is 0.0990. The van der Waals surface area contributed by atoms with Crippen molar-refractivity contribution in [3.63, 3.8) is 0 Å². The fraction of sp³-hybridized carbons (Fsp3) is 0.188. The van der Waals surface area contributed by atoms with Crippen LogP contribution >= 0.6 is 15.9 Å². The van der Waals surface area contributed by atoms with E-state index in [1.807, 2.05) is 68.4 Å². The second-order valence-electron chi connectivity index (χ2n) is 4.71. The summed E-state index contributed by atoms with van der Waals surface area (Å²) in [6, 6.07) is 17.7. The Labute approximate surface area is 116 Å². The quantitative estimate of drug-likeness (QED) is 0.593. The van der Waals surface area contributed by atoms with Gasteiger partial charge in [-0.2, -0.15) is 0 Å². The molecule has 0 radical (unpaired) electrons. The Balaban J connectivity index is 2.54. The first-order valence-corrected chi connectivity index (χ1v) is 6.67. The summed E-state index contributed by atoms with van der Waals surface area (Å²) in [5.41, 5.74) is 2.81. The molecule has 0 N–H and O–H groups in total. The number of hydrogen-bond donors (Lipinski definition) is 0. The molecule has 0 unspecified atom stereocenters. The molecule has 0 spiro atoms. The lowest BCUT2D eigenvalue weighted by molar-refractivity contribution is 0.0962. The minimum Gasteiger partial charge on any atom is -0.293 e. The van der Waals surface area contributed by atoms with Gasteiger partial charge in [0, 0.05) is 5.56 Å². The van der Waals surface area contributed by atoms with E-state index < -0.39 is 4.32 Å². The van der Waals surface area contributed by atoms with Gasteiger partial charge in [0.1, 0.15) is 0 Å². The van der Waals surface area contributed by atoms with Gasteiger partial charge >= 0.3 is 0 Å². The predicted octanol–water partition coefficient (Wildman–Crippen LogP) is 4.71. The third-order valence-electron chi connectivity index (χ3n) is 2.80. The van der Waals surface area contributed by atoms with Crippen LogP contribution in [0, 0.1) is 0 Å². The van der Waals surface area contributed by atoms with Crippen LogP contribution in [-0.4, -0.2) is 10.1 Å². The number of hydrogen-bond acceptors (Lipinski definition) is 1. The highest BCUT2D eigenvalue weighted by molar-refractivity contribution is 9.10. The normalized spacial score (nSPS) is 11.3. The molecule has 0 aliphatic rings. The zero-order chi connectivity index (χ0) is 13.2. The topological polar surface area (TPSA) is 17.1 Å². The molecule has 0 saturated heterocycles. The average molecular weight is 303 g/mol. The number of carbonyl (C=O) groups is 1. The van der Waals surface area contributed by atoms with Gasteiger partial charge in [0.15, 0.2) is 5.78 Å². The minimum atomic E-state index is -0.544. The highest BCUT2D eigenvalue weighted by Crippen LogP contribution is 2.29. The molecule has 92 valence electrons. The number of rotatable bonds is 3. The van der Waals surface area contributed by atoms with Crippen molar-refractivity contribution in [2.45, 2.75) is 18.2 Å². The molecule has 2 rings (SSSR count). The molecule has 2 aromatic carbocycles. The Morgan fingerprint density at radius 1 is 0.944 bits per heavy atom. The van der Waals surface area contributed by atoms with Gasteiger partial charge in [0.2, 0.25) is 0 Å². The molecule has 18 heavy (non-hydrogen) atoms. The molecule has 0 amide bonds. The van der Waals surface area contributed by atoms with Crippen LogP contribution < -0.4 is 0 Å². The lowest BCUT2D eigenvalue weighted by Gasteiger charge is -2.17. The Morgan fingerprint density at radius 2 is 1.50 bits per heavy atom. The van der Waals surface area contributed by atoms with E-state index in [2.05, 4.69) is 15.9 Å². The molecule has 0 atom stereocenters. The van der Waals surface area contributed by atoms with Crippen LogP contribution in [0.1, 0.15) is 24.2 Å². The summed E-state index contributed by atoms with van der Waals surface area (Å²) < 4.78 is -0.544. The molecular weight excluding hydrogens is 288 g/mol. The van der Waals surface area contributed by atoms with Crippen molar-refractivity contribution in [1.82, 2.24) is 0 Å². The van der Waals surface area contributed by atoms with Crippen LogP contribution in [0.25, 0.3) is 11.1 Å². The third-order valence-corrected chi connectivity index (χ3v) is 3.16. The van der Waals surface area contributed by atoms with Crippen molar-refractivity contribution in [3.05, 3.63) is 60.2 Å². The molecule has 0 aliphatic carbocycles. The average Bonchev–Trinajstić information content (AvgIpc) is 2.38.